The van der Waals surface area contributed by atoms with E-state index in [2.05, 4.69) is 43.6 Å². The van der Waals surface area contributed by atoms with Gasteiger partial charge in [-0.1, -0.05) is 41.9 Å². The summed E-state index contributed by atoms with van der Waals surface area (Å²) in [6.45, 7) is 0.729. The van der Waals surface area contributed by atoms with Gasteiger partial charge in [-0.2, -0.15) is 5.11 Å². The predicted octanol–water partition coefficient (Wildman–Crippen LogP) is 7.04. The lowest BCUT2D eigenvalue weighted by Crippen LogP contribution is -1.98. The van der Waals surface area contributed by atoms with Gasteiger partial charge in [0.15, 0.2) is 0 Å². The highest BCUT2D eigenvalue weighted by atomic mass is 79.9. The highest BCUT2D eigenvalue weighted by Crippen LogP contribution is 2.38. The number of anilines is 1. The van der Waals surface area contributed by atoms with Gasteiger partial charge in [-0.3, -0.25) is 10.1 Å². The molecule has 0 spiro atoms. The van der Waals surface area contributed by atoms with Gasteiger partial charge in [-0.15, -0.1) is 5.11 Å². The van der Waals surface area contributed by atoms with Crippen molar-refractivity contribution in [3.63, 3.8) is 0 Å². The van der Waals surface area contributed by atoms with E-state index in [1.165, 1.54) is 17.7 Å². The van der Waals surface area contributed by atoms with Crippen LogP contribution in [0.1, 0.15) is 5.56 Å². The van der Waals surface area contributed by atoms with Crippen molar-refractivity contribution in [1.29, 1.82) is 0 Å². The Hall–Kier alpha value is -2.77. The fourth-order valence-corrected chi connectivity index (χ4v) is 3.20. The van der Waals surface area contributed by atoms with E-state index in [-0.39, 0.29) is 10.7 Å². The van der Waals surface area contributed by atoms with E-state index in [4.69, 9.17) is 11.6 Å². The standard InChI is InChI=1S/C19H14BrClN4O2/c20-17-10-16(25(26)27)11-18(21)19(17)24-23-15-8-6-14(7-9-15)22-12-13-4-2-1-3-5-13/h1-11,22H,12H2/b24-23+. The molecule has 0 bridgehead atoms. The van der Waals surface area contributed by atoms with Crippen LogP contribution in [0.25, 0.3) is 0 Å². The van der Waals surface area contributed by atoms with Crippen LogP contribution in [-0.2, 0) is 6.54 Å². The van der Waals surface area contributed by atoms with Crippen LogP contribution in [-0.4, -0.2) is 4.92 Å². The minimum Gasteiger partial charge on any atom is -0.381 e. The molecule has 3 aromatic rings. The average molecular weight is 446 g/mol. The number of azo groups is 1. The number of nitro benzene ring substituents is 1. The van der Waals surface area contributed by atoms with Crippen LogP contribution in [0.15, 0.2) is 81.4 Å². The van der Waals surface area contributed by atoms with Crippen LogP contribution in [0.4, 0.5) is 22.7 Å². The summed E-state index contributed by atoms with van der Waals surface area (Å²) in [4.78, 5) is 10.3. The van der Waals surface area contributed by atoms with E-state index in [0.29, 0.717) is 15.8 Å². The van der Waals surface area contributed by atoms with Crippen molar-refractivity contribution in [3.8, 4) is 0 Å². The van der Waals surface area contributed by atoms with Crippen molar-refractivity contribution in [2.45, 2.75) is 6.54 Å². The molecule has 0 saturated carbocycles. The van der Waals surface area contributed by atoms with E-state index >= 15 is 0 Å². The largest absolute Gasteiger partial charge is 0.381 e. The third-order valence-corrected chi connectivity index (χ3v) is 4.58. The van der Waals surface area contributed by atoms with E-state index < -0.39 is 4.92 Å². The Balaban J connectivity index is 1.68. The molecule has 0 atom stereocenters. The number of non-ortho nitro benzene ring substituents is 1. The van der Waals surface area contributed by atoms with Crippen molar-refractivity contribution in [3.05, 3.63) is 91.9 Å². The number of nitro groups is 1. The number of hydrogen-bond donors (Lipinski definition) is 1. The number of nitrogens with one attached hydrogen (secondary N) is 1. The molecule has 0 unspecified atom stereocenters. The first kappa shape index (κ1) is 19.0. The number of hydrogen-bond acceptors (Lipinski definition) is 5. The van der Waals surface area contributed by atoms with Crippen LogP contribution in [0, 0.1) is 10.1 Å². The highest BCUT2D eigenvalue weighted by Gasteiger charge is 2.14. The first-order valence-corrected chi connectivity index (χ1v) is 9.13. The summed E-state index contributed by atoms with van der Waals surface area (Å²) in [5.41, 5.74) is 3.03. The molecule has 0 aromatic heterocycles. The minimum atomic E-state index is -0.515. The summed E-state index contributed by atoms with van der Waals surface area (Å²) in [5.74, 6) is 0. The van der Waals surface area contributed by atoms with Gasteiger partial charge in [-0.05, 0) is 45.8 Å². The van der Waals surface area contributed by atoms with Gasteiger partial charge in [-0.25, -0.2) is 0 Å². The molecule has 8 heteroatoms. The zero-order valence-corrected chi connectivity index (χ0v) is 16.3. The van der Waals surface area contributed by atoms with E-state index in [9.17, 15) is 10.1 Å². The zero-order valence-electron chi connectivity index (χ0n) is 14.0. The molecule has 0 aliphatic carbocycles. The van der Waals surface area contributed by atoms with Crippen molar-refractivity contribution in [2.24, 2.45) is 10.2 Å². The third-order valence-electron chi connectivity index (χ3n) is 3.68. The molecule has 0 radical (unpaired) electrons. The molecule has 0 heterocycles. The lowest BCUT2D eigenvalue weighted by Gasteiger charge is -2.06. The minimum absolute atomic E-state index is 0.111. The summed E-state index contributed by atoms with van der Waals surface area (Å²) in [7, 11) is 0. The topological polar surface area (TPSA) is 79.9 Å². The Morgan fingerprint density at radius 2 is 1.74 bits per heavy atom. The normalized spacial score (nSPS) is 10.9. The summed E-state index contributed by atoms with van der Waals surface area (Å²) in [5, 5.41) is 22.6. The molecular formula is C19H14BrClN4O2. The Bertz CT molecular complexity index is 956. The number of benzene rings is 3. The zero-order chi connectivity index (χ0) is 19.2. The van der Waals surface area contributed by atoms with Gasteiger partial charge >= 0.3 is 0 Å². The van der Waals surface area contributed by atoms with Crippen molar-refractivity contribution in [2.75, 3.05) is 5.32 Å². The molecule has 0 aliphatic heterocycles. The van der Waals surface area contributed by atoms with Gasteiger partial charge in [0.25, 0.3) is 5.69 Å². The van der Waals surface area contributed by atoms with Crippen LogP contribution < -0.4 is 5.32 Å². The number of rotatable bonds is 6. The maximum Gasteiger partial charge on any atom is 0.272 e. The van der Waals surface area contributed by atoms with Crippen molar-refractivity contribution >= 4 is 50.3 Å². The molecule has 0 amide bonds. The second kappa shape index (κ2) is 8.75. The molecule has 0 fully saturated rings. The first-order valence-electron chi connectivity index (χ1n) is 7.96. The molecule has 0 aliphatic rings. The number of nitrogens with zero attached hydrogens (tertiary/aromatic N) is 3. The van der Waals surface area contributed by atoms with Gasteiger partial charge in [0.1, 0.15) is 5.69 Å². The number of halogens is 2. The van der Waals surface area contributed by atoms with Crippen LogP contribution in [0.2, 0.25) is 5.02 Å². The van der Waals surface area contributed by atoms with Gasteiger partial charge in [0.05, 0.1) is 20.1 Å². The highest BCUT2D eigenvalue weighted by molar-refractivity contribution is 9.10. The van der Waals surface area contributed by atoms with Gasteiger partial charge in [0.2, 0.25) is 0 Å². The lowest BCUT2D eigenvalue weighted by molar-refractivity contribution is -0.384. The SMILES string of the molecule is O=[N+]([O-])c1cc(Cl)c(/N=N/c2ccc(NCc3ccccc3)cc2)c(Br)c1. The predicted molar refractivity (Wildman–Crippen MR) is 110 cm³/mol. The Labute approximate surface area is 169 Å². The summed E-state index contributed by atoms with van der Waals surface area (Å²) >= 11 is 9.31. The maximum atomic E-state index is 10.8. The van der Waals surface area contributed by atoms with Crippen LogP contribution >= 0.6 is 27.5 Å². The molecule has 27 heavy (non-hydrogen) atoms. The van der Waals surface area contributed by atoms with Crippen molar-refractivity contribution in [1.82, 2.24) is 0 Å². The van der Waals surface area contributed by atoms with Crippen LogP contribution in [0.3, 0.4) is 0 Å². The lowest BCUT2D eigenvalue weighted by atomic mass is 10.2. The first-order chi connectivity index (χ1) is 13.0. The average Bonchev–Trinajstić information content (AvgIpc) is 2.67. The van der Waals surface area contributed by atoms with E-state index in [1.807, 2.05) is 42.5 Å². The van der Waals surface area contributed by atoms with Gasteiger partial charge in [0, 0.05) is 24.4 Å². The monoisotopic (exact) mass is 444 g/mol. The molecule has 136 valence electrons. The molecule has 0 saturated heterocycles. The Kier molecular flexibility index (Phi) is 6.16. The molecule has 3 aromatic carbocycles. The molecule has 3 rings (SSSR count). The van der Waals surface area contributed by atoms with Crippen LogP contribution in [0.5, 0.6) is 0 Å². The van der Waals surface area contributed by atoms with E-state index in [1.54, 1.807) is 0 Å². The molecule has 1 N–H and O–H groups in total. The van der Waals surface area contributed by atoms with Crippen molar-refractivity contribution < 1.29 is 4.92 Å². The quantitative estimate of drug-likeness (QED) is 0.251. The van der Waals surface area contributed by atoms with E-state index in [0.717, 1.165) is 12.2 Å². The smallest absolute Gasteiger partial charge is 0.272 e. The fraction of sp³-hybridized carbons (Fsp3) is 0.0526. The second-order valence-electron chi connectivity index (χ2n) is 5.60. The third kappa shape index (κ3) is 5.12. The Morgan fingerprint density at radius 3 is 2.37 bits per heavy atom. The Morgan fingerprint density at radius 1 is 1.04 bits per heavy atom. The summed E-state index contributed by atoms with van der Waals surface area (Å²) in [6, 6.07) is 20.2. The maximum absolute atomic E-state index is 10.8. The summed E-state index contributed by atoms with van der Waals surface area (Å²) < 4.78 is 0.409. The fourth-order valence-electron chi connectivity index (χ4n) is 2.31. The van der Waals surface area contributed by atoms with Gasteiger partial charge < -0.3 is 5.32 Å². The summed E-state index contributed by atoms with van der Waals surface area (Å²) in [6.07, 6.45) is 0. The molecule has 6 nitrogen and oxygen atoms in total. The second-order valence-corrected chi connectivity index (χ2v) is 6.86. The molecular weight excluding hydrogens is 432 g/mol.